The molecule has 0 N–H and O–H groups in total. The van der Waals surface area contributed by atoms with Crippen LogP contribution in [0.2, 0.25) is 0 Å². The predicted molar refractivity (Wildman–Crippen MR) is 121 cm³/mol. The third-order valence-electron chi connectivity index (χ3n) is 5.01. The van der Waals surface area contributed by atoms with Crippen molar-refractivity contribution in [3.05, 3.63) is 57.9 Å². The molecular formula is C20H21N5O2S2. The Morgan fingerprint density at radius 1 is 1.24 bits per heavy atom. The first-order valence-electron chi connectivity index (χ1n) is 9.30. The molecule has 4 rings (SSSR count). The van der Waals surface area contributed by atoms with Gasteiger partial charge in [-0.2, -0.15) is 0 Å². The lowest BCUT2D eigenvalue weighted by molar-refractivity contribution is -0.121. The van der Waals surface area contributed by atoms with Gasteiger partial charge < -0.3 is 9.80 Å². The normalized spacial score (nSPS) is 19.6. The average molecular weight is 428 g/mol. The van der Waals surface area contributed by atoms with E-state index < -0.39 is 0 Å². The summed E-state index contributed by atoms with van der Waals surface area (Å²) in [4.78, 5) is 37.1. The van der Waals surface area contributed by atoms with Crippen molar-refractivity contribution < 1.29 is 4.79 Å². The van der Waals surface area contributed by atoms with E-state index in [1.807, 2.05) is 12.1 Å². The third kappa shape index (κ3) is 3.73. The van der Waals surface area contributed by atoms with Crippen LogP contribution in [0.4, 0.5) is 5.82 Å². The smallest absolute Gasteiger partial charge is 0.267 e. The molecule has 0 aromatic carbocycles. The Kier molecular flexibility index (Phi) is 5.53. The van der Waals surface area contributed by atoms with Crippen molar-refractivity contribution in [2.45, 2.75) is 0 Å². The van der Waals surface area contributed by atoms with Gasteiger partial charge in [0.25, 0.3) is 11.5 Å². The summed E-state index contributed by atoms with van der Waals surface area (Å²) in [5.74, 6) is 0.407. The van der Waals surface area contributed by atoms with E-state index in [2.05, 4.69) is 23.4 Å². The first-order valence-corrected chi connectivity index (χ1v) is 10.5. The first-order chi connectivity index (χ1) is 14.0. The molecule has 0 bridgehead atoms. The fourth-order valence-electron chi connectivity index (χ4n) is 3.39. The van der Waals surface area contributed by atoms with Gasteiger partial charge in [0.1, 0.15) is 15.8 Å². The van der Waals surface area contributed by atoms with Crippen LogP contribution in [0.1, 0.15) is 5.56 Å². The van der Waals surface area contributed by atoms with Crippen LogP contribution in [0.15, 0.2) is 46.8 Å². The summed E-state index contributed by atoms with van der Waals surface area (Å²) in [5.41, 5.74) is 0.804. The number of fused-ring (bicyclic) bond motifs is 1. The Bertz CT molecular complexity index is 1090. The predicted octanol–water partition coefficient (Wildman–Crippen LogP) is 1.83. The summed E-state index contributed by atoms with van der Waals surface area (Å²) in [7, 11) is 2.08. The molecule has 0 aliphatic carbocycles. The van der Waals surface area contributed by atoms with E-state index in [9.17, 15) is 9.59 Å². The molecule has 0 spiro atoms. The number of nitrogens with zero attached hydrogens (tertiary/aromatic N) is 5. The summed E-state index contributed by atoms with van der Waals surface area (Å²) in [6.45, 7) is 7.33. The molecule has 0 radical (unpaired) electrons. The largest absolute Gasteiger partial charge is 0.353 e. The lowest BCUT2D eigenvalue weighted by atomic mass is 10.2. The molecule has 9 heteroatoms. The second-order valence-electron chi connectivity index (χ2n) is 6.95. The van der Waals surface area contributed by atoms with Crippen molar-refractivity contribution in [3.8, 4) is 0 Å². The van der Waals surface area contributed by atoms with Gasteiger partial charge in [0.15, 0.2) is 0 Å². The molecule has 0 unspecified atom stereocenters. The zero-order chi connectivity index (χ0) is 20.5. The third-order valence-corrected chi connectivity index (χ3v) is 6.39. The maximum Gasteiger partial charge on any atom is 0.267 e. The van der Waals surface area contributed by atoms with Crippen LogP contribution in [0.5, 0.6) is 0 Å². The number of hydrogen-bond acceptors (Lipinski definition) is 7. The quantitative estimate of drug-likeness (QED) is 0.419. The number of thioether (sulfide) groups is 1. The maximum absolute atomic E-state index is 13.3. The number of carbonyl (C=O) groups is 1. The van der Waals surface area contributed by atoms with E-state index in [0.29, 0.717) is 32.8 Å². The molecule has 1 amide bonds. The number of likely N-dealkylation sites (N-methyl/N-ethyl adjacent to an activating group) is 1. The van der Waals surface area contributed by atoms with Crippen molar-refractivity contribution in [2.24, 2.45) is 0 Å². The van der Waals surface area contributed by atoms with Crippen LogP contribution in [-0.4, -0.2) is 69.2 Å². The highest BCUT2D eigenvalue weighted by atomic mass is 32.2. The van der Waals surface area contributed by atoms with Gasteiger partial charge in [-0.1, -0.05) is 36.1 Å². The van der Waals surface area contributed by atoms with Gasteiger partial charge in [0, 0.05) is 38.9 Å². The standard InChI is InChI=1S/C20H21N5O2S2/c1-3-7-25-19(27)15(29-20(25)28)13-14-17(23-11-9-22(2)10-12-23)21-16-6-4-5-8-24(16)18(14)26/h3-6,8,13H,1,7,9-12H2,2H3. The van der Waals surface area contributed by atoms with E-state index >= 15 is 0 Å². The number of amides is 1. The lowest BCUT2D eigenvalue weighted by Crippen LogP contribution is -2.45. The molecule has 7 nitrogen and oxygen atoms in total. The molecule has 0 saturated carbocycles. The Balaban J connectivity index is 1.84. The topological polar surface area (TPSA) is 61.2 Å². The Hall–Kier alpha value is -2.49. The molecule has 150 valence electrons. The second kappa shape index (κ2) is 8.10. The van der Waals surface area contributed by atoms with Gasteiger partial charge >= 0.3 is 0 Å². The maximum atomic E-state index is 13.3. The molecular weight excluding hydrogens is 406 g/mol. The van der Waals surface area contributed by atoms with Crippen LogP contribution >= 0.6 is 24.0 Å². The Labute approximate surface area is 178 Å². The van der Waals surface area contributed by atoms with Gasteiger partial charge in [-0.25, -0.2) is 4.98 Å². The van der Waals surface area contributed by atoms with Gasteiger partial charge in [0.2, 0.25) is 0 Å². The fraction of sp³-hybridized carbons (Fsp3) is 0.300. The molecule has 2 fully saturated rings. The number of hydrogen-bond donors (Lipinski definition) is 0. The molecule has 29 heavy (non-hydrogen) atoms. The minimum atomic E-state index is -0.207. The van der Waals surface area contributed by atoms with E-state index in [4.69, 9.17) is 17.2 Å². The van der Waals surface area contributed by atoms with E-state index in [1.54, 1.807) is 24.4 Å². The summed E-state index contributed by atoms with van der Waals surface area (Å²) < 4.78 is 1.98. The average Bonchev–Trinajstić information content (AvgIpc) is 2.98. The highest BCUT2D eigenvalue weighted by molar-refractivity contribution is 8.26. The van der Waals surface area contributed by atoms with Crippen LogP contribution < -0.4 is 10.5 Å². The van der Waals surface area contributed by atoms with Gasteiger partial charge in [-0.15, -0.1) is 6.58 Å². The number of thiocarbonyl (C=S) groups is 1. The number of piperazine rings is 1. The van der Waals surface area contributed by atoms with E-state index in [1.165, 1.54) is 21.1 Å². The highest BCUT2D eigenvalue weighted by Gasteiger charge is 2.32. The van der Waals surface area contributed by atoms with Crippen LogP contribution in [0, 0.1) is 0 Å². The number of carbonyl (C=O) groups excluding carboxylic acids is 1. The molecule has 2 aromatic rings. The zero-order valence-corrected chi connectivity index (χ0v) is 17.7. The Morgan fingerprint density at radius 2 is 2.00 bits per heavy atom. The monoisotopic (exact) mass is 427 g/mol. The van der Waals surface area contributed by atoms with Crippen molar-refractivity contribution >= 4 is 51.7 Å². The van der Waals surface area contributed by atoms with Crippen LogP contribution in [0.3, 0.4) is 0 Å². The number of anilines is 1. The van der Waals surface area contributed by atoms with E-state index in [-0.39, 0.29) is 11.5 Å². The van der Waals surface area contributed by atoms with Crippen molar-refractivity contribution in [1.29, 1.82) is 0 Å². The van der Waals surface area contributed by atoms with Gasteiger partial charge in [-0.3, -0.25) is 18.9 Å². The summed E-state index contributed by atoms with van der Waals surface area (Å²) in [6, 6.07) is 5.46. The molecule has 2 aromatic heterocycles. The number of rotatable bonds is 4. The second-order valence-corrected chi connectivity index (χ2v) is 8.63. The number of aromatic nitrogens is 2. The molecule has 2 aliphatic rings. The van der Waals surface area contributed by atoms with Gasteiger partial charge in [0.05, 0.1) is 10.5 Å². The van der Waals surface area contributed by atoms with Gasteiger partial charge in [-0.05, 0) is 25.3 Å². The first kappa shape index (κ1) is 19.8. The molecule has 2 aliphatic heterocycles. The SMILES string of the molecule is C=CCN1C(=O)C(=Cc2c(N3CCN(C)CC3)nc3ccccn3c2=O)SC1=S. The Morgan fingerprint density at radius 3 is 2.72 bits per heavy atom. The van der Waals surface area contributed by atoms with Crippen molar-refractivity contribution in [3.63, 3.8) is 0 Å². The summed E-state index contributed by atoms with van der Waals surface area (Å²) >= 11 is 6.53. The lowest BCUT2D eigenvalue weighted by Gasteiger charge is -2.34. The van der Waals surface area contributed by atoms with Crippen molar-refractivity contribution in [2.75, 3.05) is 44.7 Å². The fourth-order valence-corrected chi connectivity index (χ4v) is 4.65. The minimum absolute atomic E-state index is 0.196. The minimum Gasteiger partial charge on any atom is -0.353 e. The van der Waals surface area contributed by atoms with Crippen LogP contribution in [-0.2, 0) is 4.79 Å². The van der Waals surface area contributed by atoms with Crippen LogP contribution in [0.25, 0.3) is 11.7 Å². The molecule has 0 atom stereocenters. The highest BCUT2D eigenvalue weighted by Crippen LogP contribution is 2.33. The summed E-state index contributed by atoms with van der Waals surface area (Å²) in [6.07, 6.45) is 4.97. The molecule has 4 heterocycles. The summed E-state index contributed by atoms with van der Waals surface area (Å²) in [5, 5.41) is 0. The molecule has 2 saturated heterocycles. The van der Waals surface area contributed by atoms with Crippen molar-refractivity contribution in [1.82, 2.24) is 19.2 Å². The van der Waals surface area contributed by atoms with E-state index in [0.717, 1.165) is 26.2 Å². The number of pyridine rings is 1. The zero-order valence-electron chi connectivity index (χ0n) is 16.1.